The van der Waals surface area contributed by atoms with E-state index in [1.165, 1.54) is 0 Å². The van der Waals surface area contributed by atoms with Gasteiger partial charge in [0.05, 0.1) is 6.61 Å². The number of esters is 1. The molecule has 0 heterocycles. The third-order valence-corrected chi connectivity index (χ3v) is 3.00. The van der Waals surface area contributed by atoms with E-state index in [1.54, 1.807) is 0 Å². The first-order valence-corrected chi connectivity index (χ1v) is 8.19. The van der Waals surface area contributed by atoms with Gasteiger partial charge in [0, 0.05) is 39.3 Å². The van der Waals surface area contributed by atoms with E-state index in [0.29, 0.717) is 32.5 Å². The quantitative estimate of drug-likeness (QED) is 0.348. The fourth-order valence-corrected chi connectivity index (χ4v) is 1.76. The van der Waals surface area contributed by atoms with E-state index in [1.807, 2.05) is 6.92 Å². The smallest absolute Gasteiger partial charge is 0.305 e. The van der Waals surface area contributed by atoms with Crippen molar-refractivity contribution >= 4 is 11.9 Å². The largest absolute Gasteiger partial charge is 0.481 e. The summed E-state index contributed by atoms with van der Waals surface area (Å²) in [6.45, 7) is 5.38. The maximum atomic E-state index is 11.3. The molecule has 6 nitrogen and oxygen atoms in total. The van der Waals surface area contributed by atoms with Crippen LogP contribution in [-0.2, 0) is 23.8 Å². The number of carboxylic acids is 1. The summed E-state index contributed by atoms with van der Waals surface area (Å²) in [7, 11) is 0. The summed E-state index contributed by atoms with van der Waals surface area (Å²) in [6, 6.07) is 0. The fourth-order valence-electron chi connectivity index (χ4n) is 1.76. The van der Waals surface area contributed by atoms with Crippen molar-refractivity contribution in [1.82, 2.24) is 0 Å². The van der Waals surface area contributed by atoms with Gasteiger partial charge >= 0.3 is 11.9 Å². The monoisotopic (exact) mass is 318 g/mol. The molecule has 1 N–H and O–H groups in total. The minimum Gasteiger partial charge on any atom is -0.481 e. The highest BCUT2D eigenvalue weighted by Crippen LogP contribution is 2.02. The molecule has 130 valence electrons. The molecule has 0 aromatic rings. The molecule has 0 rings (SSSR count). The van der Waals surface area contributed by atoms with Crippen LogP contribution in [0.15, 0.2) is 0 Å². The molecule has 0 atom stereocenters. The van der Waals surface area contributed by atoms with Gasteiger partial charge in [-0.1, -0.05) is 0 Å². The zero-order valence-electron chi connectivity index (χ0n) is 13.7. The van der Waals surface area contributed by atoms with Crippen LogP contribution in [0.1, 0.15) is 58.3 Å². The van der Waals surface area contributed by atoms with Gasteiger partial charge in [-0.25, -0.2) is 0 Å². The third kappa shape index (κ3) is 16.9. The molecule has 0 radical (unpaired) electrons. The van der Waals surface area contributed by atoms with Crippen molar-refractivity contribution in [3.8, 4) is 0 Å². The molecule has 0 aromatic heterocycles. The predicted molar refractivity (Wildman–Crippen MR) is 82.8 cm³/mol. The van der Waals surface area contributed by atoms with E-state index in [0.717, 1.165) is 45.5 Å². The molecule has 0 spiro atoms. The van der Waals surface area contributed by atoms with Gasteiger partial charge in [-0.3, -0.25) is 9.59 Å². The van der Waals surface area contributed by atoms with Gasteiger partial charge in [0.2, 0.25) is 0 Å². The van der Waals surface area contributed by atoms with E-state index >= 15 is 0 Å². The number of hydrogen-bond donors (Lipinski definition) is 1. The van der Waals surface area contributed by atoms with Gasteiger partial charge in [-0.05, 0) is 45.4 Å². The summed E-state index contributed by atoms with van der Waals surface area (Å²) in [6.07, 6.45) is 5.17. The maximum Gasteiger partial charge on any atom is 0.305 e. The first-order chi connectivity index (χ1) is 10.7. The number of carboxylic acid groups (broad SMARTS) is 1. The third-order valence-electron chi connectivity index (χ3n) is 3.00. The van der Waals surface area contributed by atoms with Crippen LogP contribution in [0.4, 0.5) is 0 Å². The minimum atomic E-state index is -0.828. The van der Waals surface area contributed by atoms with Gasteiger partial charge in [0.1, 0.15) is 0 Å². The van der Waals surface area contributed by atoms with Crippen LogP contribution in [0.3, 0.4) is 0 Å². The zero-order valence-corrected chi connectivity index (χ0v) is 13.7. The van der Waals surface area contributed by atoms with Crippen LogP contribution in [0, 0.1) is 0 Å². The van der Waals surface area contributed by atoms with Crippen LogP contribution >= 0.6 is 0 Å². The molecule has 0 saturated heterocycles. The van der Waals surface area contributed by atoms with Crippen molar-refractivity contribution in [2.45, 2.75) is 58.3 Å². The lowest BCUT2D eigenvalue weighted by Crippen LogP contribution is -2.07. The lowest BCUT2D eigenvalue weighted by atomic mass is 10.2. The van der Waals surface area contributed by atoms with Crippen LogP contribution in [0.2, 0.25) is 0 Å². The van der Waals surface area contributed by atoms with Gasteiger partial charge in [-0.15, -0.1) is 0 Å². The van der Waals surface area contributed by atoms with Crippen LogP contribution in [0.5, 0.6) is 0 Å². The van der Waals surface area contributed by atoms with E-state index < -0.39 is 5.97 Å². The fraction of sp³-hybridized carbons (Fsp3) is 0.875. The second-order valence-electron chi connectivity index (χ2n) is 5.04. The van der Waals surface area contributed by atoms with Crippen molar-refractivity contribution in [2.75, 3.05) is 33.0 Å². The average Bonchev–Trinajstić information content (AvgIpc) is 2.49. The molecule has 0 fully saturated rings. The highest BCUT2D eigenvalue weighted by atomic mass is 16.5. The number of aliphatic carboxylic acids is 1. The molecule has 0 saturated carbocycles. The molecule has 0 aliphatic carbocycles. The number of ether oxygens (including phenoxy) is 3. The Morgan fingerprint density at radius 2 is 1.32 bits per heavy atom. The van der Waals surface area contributed by atoms with Gasteiger partial charge in [0.15, 0.2) is 0 Å². The lowest BCUT2D eigenvalue weighted by Gasteiger charge is -2.06. The Balaban J connectivity index is 3.15. The minimum absolute atomic E-state index is 0.106. The van der Waals surface area contributed by atoms with Crippen LogP contribution < -0.4 is 0 Å². The predicted octanol–water partition coefficient (Wildman–Crippen LogP) is 2.79. The van der Waals surface area contributed by atoms with Gasteiger partial charge < -0.3 is 19.3 Å². The highest BCUT2D eigenvalue weighted by Gasteiger charge is 2.03. The Morgan fingerprint density at radius 3 is 1.91 bits per heavy atom. The van der Waals surface area contributed by atoms with Crippen molar-refractivity contribution in [3.63, 3.8) is 0 Å². The molecule has 6 heteroatoms. The number of unbranched alkanes of at least 4 members (excludes halogenated alkanes) is 3. The van der Waals surface area contributed by atoms with Crippen molar-refractivity contribution in [2.24, 2.45) is 0 Å². The summed E-state index contributed by atoms with van der Waals surface area (Å²) >= 11 is 0. The first kappa shape index (κ1) is 20.9. The van der Waals surface area contributed by atoms with Crippen LogP contribution in [0.25, 0.3) is 0 Å². The molecular formula is C16H30O6. The Labute approximate surface area is 133 Å². The molecular weight excluding hydrogens is 288 g/mol. The van der Waals surface area contributed by atoms with E-state index in [9.17, 15) is 9.59 Å². The number of hydrogen-bond acceptors (Lipinski definition) is 5. The Bertz CT molecular complexity index is 280. The molecule has 0 aliphatic rings. The Hall–Kier alpha value is -1.14. The second-order valence-corrected chi connectivity index (χ2v) is 5.04. The molecule has 0 bridgehead atoms. The maximum absolute atomic E-state index is 11.3. The molecule has 0 aromatic carbocycles. The molecule has 22 heavy (non-hydrogen) atoms. The summed E-state index contributed by atoms with van der Waals surface area (Å²) in [5, 5.41) is 8.46. The summed E-state index contributed by atoms with van der Waals surface area (Å²) in [5.41, 5.74) is 0. The average molecular weight is 318 g/mol. The number of carbonyl (C=O) groups is 2. The topological polar surface area (TPSA) is 82.1 Å². The first-order valence-electron chi connectivity index (χ1n) is 8.19. The van der Waals surface area contributed by atoms with Crippen molar-refractivity contribution in [1.29, 1.82) is 0 Å². The van der Waals surface area contributed by atoms with Crippen molar-refractivity contribution in [3.05, 3.63) is 0 Å². The van der Waals surface area contributed by atoms with Crippen LogP contribution in [-0.4, -0.2) is 50.1 Å². The summed E-state index contributed by atoms with van der Waals surface area (Å²) in [5.74, 6) is -1.08. The van der Waals surface area contributed by atoms with E-state index in [4.69, 9.17) is 19.3 Å². The molecule has 0 aliphatic heterocycles. The SMILES string of the molecule is CCOCCCCOCCCCOC(=O)CCCCC(=O)O. The van der Waals surface area contributed by atoms with E-state index in [2.05, 4.69) is 0 Å². The Morgan fingerprint density at radius 1 is 0.773 bits per heavy atom. The lowest BCUT2D eigenvalue weighted by molar-refractivity contribution is -0.144. The number of carbonyl (C=O) groups excluding carboxylic acids is 1. The molecule has 0 amide bonds. The van der Waals surface area contributed by atoms with E-state index in [-0.39, 0.29) is 12.4 Å². The zero-order chi connectivity index (χ0) is 16.5. The highest BCUT2D eigenvalue weighted by molar-refractivity contribution is 5.69. The summed E-state index contributed by atoms with van der Waals surface area (Å²) < 4.78 is 15.8. The van der Waals surface area contributed by atoms with Gasteiger partial charge in [-0.2, -0.15) is 0 Å². The van der Waals surface area contributed by atoms with Gasteiger partial charge in [0.25, 0.3) is 0 Å². The Kier molecular flexibility index (Phi) is 15.4. The number of rotatable bonds is 16. The summed E-state index contributed by atoms with van der Waals surface area (Å²) in [4.78, 5) is 21.6. The molecule has 0 unspecified atom stereocenters. The normalized spacial score (nSPS) is 10.6. The van der Waals surface area contributed by atoms with Crippen molar-refractivity contribution < 1.29 is 28.9 Å². The standard InChI is InChI=1S/C16H30O6/c1-2-20-11-5-6-12-21-13-7-8-14-22-16(19)10-4-3-9-15(17)18/h2-14H2,1H3,(H,17,18). The second kappa shape index (κ2) is 16.2.